The highest BCUT2D eigenvalue weighted by Crippen LogP contribution is 2.26. The first-order valence-corrected chi connectivity index (χ1v) is 8.14. The van der Waals surface area contributed by atoms with Crippen molar-refractivity contribution in [1.29, 1.82) is 0 Å². The molecule has 21 heavy (non-hydrogen) atoms. The SMILES string of the molecule is O=C(CC1CCCCC1)NCCc1c[nH]c2ccccc12. The molecule has 1 aromatic heterocycles. The molecule has 0 spiro atoms. The predicted molar refractivity (Wildman–Crippen MR) is 86.2 cm³/mol. The number of rotatable bonds is 5. The summed E-state index contributed by atoms with van der Waals surface area (Å²) in [6.45, 7) is 0.730. The van der Waals surface area contributed by atoms with Gasteiger partial charge in [0.25, 0.3) is 0 Å². The zero-order valence-corrected chi connectivity index (χ0v) is 12.5. The third kappa shape index (κ3) is 3.66. The predicted octanol–water partition coefficient (Wildman–Crippen LogP) is 3.80. The zero-order chi connectivity index (χ0) is 14.5. The molecule has 3 nitrogen and oxygen atoms in total. The largest absolute Gasteiger partial charge is 0.361 e. The van der Waals surface area contributed by atoms with Gasteiger partial charge >= 0.3 is 0 Å². The van der Waals surface area contributed by atoms with Crippen molar-refractivity contribution in [3.63, 3.8) is 0 Å². The molecular weight excluding hydrogens is 260 g/mol. The van der Waals surface area contributed by atoms with Crippen LogP contribution in [0.4, 0.5) is 0 Å². The van der Waals surface area contributed by atoms with E-state index >= 15 is 0 Å². The summed E-state index contributed by atoms with van der Waals surface area (Å²) >= 11 is 0. The van der Waals surface area contributed by atoms with Crippen LogP contribution in [-0.4, -0.2) is 17.4 Å². The summed E-state index contributed by atoms with van der Waals surface area (Å²) in [5.74, 6) is 0.841. The maximum absolute atomic E-state index is 12.0. The van der Waals surface area contributed by atoms with E-state index in [-0.39, 0.29) is 5.91 Å². The molecule has 1 aliphatic rings. The van der Waals surface area contributed by atoms with Crippen molar-refractivity contribution in [3.05, 3.63) is 36.0 Å². The first-order chi connectivity index (χ1) is 10.3. The molecule has 3 heteroatoms. The molecule has 0 aliphatic heterocycles. The Morgan fingerprint density at radius 1 is 1.19 bits per heavy atom. The fourth-order valence-corrected chi connectivity index (χ4v) is 3.40. The van der Waals surface area contributed by atoms with Gasteiger partial charge in [0.05, 0.1) is 0 Å². The summed E-state index contributed by atoms with van der Waals surface area (Å²) in [5, 5.41) is 4.34. The molecule has 1 aromatic carbocycles. The van der Waals surface area contributed by atoms with Gasteiger partial charge in [-0.05, 0) is 36.8 Å². The summed E-state index contributed by atoms with van der Waals surface area (Å²) in [6.07, 6.45) is 10.1. The summed E-state index contributed by atoms with van der Waals surface area (Å²) in [4.78, 5) is 15.3. The molecule has 1 saturated carbocycles. The highest BCUT2D eigenvalue weighted by atomic mass is 16.1. The highest BCUT2D eigenvalue weighted by Gasteiger charge is 2.16. The van der Waals surface area contributed by atoms with Crippen LogP contribution in [0.15, 0.2) is 30.5 Å². The van der Waals surface area contributed by atoms with Gasteiger partial charge in [0.2, 0.25) is 5.91 Å². The monoisotopic (exact) mass is 284 g/mol. The van der Waals surface area contributed by atoms with Crippen LogP contribution in [0.2, 0.25) is 0 Å². The lowest BCUT2D eigenvalue weighted by Crippen LogP contribution is -2.28. The minimum absolute atomic E-state index is 0.224. The van der Waals surface area contributed by atoms with Crippen molar-refractivity contribution in [2.75, 3.05) is 6.54 Å². The van der Waals surface area contributed by atoms with Gasteiger partial charge in [-0.2, -0.15) is 0 Å². The lowest BCUT2D eigenvalue weighted by Gasteiger charge is -2.20. The Bertz CT molecular complexity index is 596. The van der Waals surface area contributed by atoms with E-state index in [9.17, 15) is 4.79 Å². The van der Waals surface area contributed by atoms with Crippen LogP contribution in [0.5, 0.6) is 0 Å². The number of para-hydroxylation sites is 1. The summed E-state index contributed by atoms with van der Waals surface area (Å²) < 4.78 is 0. The van der Waals surface area contributed by atoms with E-state index in [1.807, 2.05) is 6.07 Å². The second-order valence-electron chi connectivity index (χ2n) is 6.17. The van der Waals surface area contributed by atoms with Crippen molar-refractivity contribution in [1.82, 2.24) is 10.3 Å². The van der Waals surface area contributed by atoms with E-state index in [0.29, 0.717) is 12.3 Å². The number of amides is 1. The maximum Gasteiger partial charge on any atom is 0.220 e. The van der Waals surface area contributed by atoms with Crippen LogP contribution >= 0.6 is 0 Å². The highest BCUT2D eigenvalue weighted by molar-refractivity contribution is 5.83. The summed E-state index contributed by atoms with van der Waals surface area (Å²) in [6, 6.07) is 8.31. The molecule has 1 heterocycles. The van der Waals surface area contributed by atoms with Gasteiger partial charge < -0.3 is 10.3 Å². The van der Waals surface area contributed by atoms with Gasteiger partial charge in [-0.1, -0.05) is 37.5 Å². The Hall–Kier alpha value is -1.77. The van der Waals surface area contributed by atoms with Crippen molar-refractivity contribution in [3.8, 4) is 0 Å². The lowest BCUT2D eigenvalue weighted by atomic mass is 9.87. The van der Waals surface area contributed by atoms with Crippen molar-refractivity contribution >= 4 is 16.8 Å². The number of aromatic amines is 1. The molecular formula is C18H24N2O. The third-order valence-corrected chi connectivity index (χ3v) is 4.59. The van der Waals surface area contributed by atoms with E-state index in [1.165, 1.54) is 48.6 Å². The topological polar surface area (TPSA) is 44.9 Å². The molecule has 0 bridgehead atoms. The third-order valence-electron chi connectivity index (χ3n) is 4.59. The molecule has 112 valence electrons. The fraction of sp³-hybridized carbons (Fsp3) is 0.500. The van der Waals surface area contributed by atoms with Crippen molar-refractivity contribution in [2.24, 2.45) is 5.92 Å². The number of aromatic nitrogens is 1. The number of fused-ring (bicyclic) bond motifs is 1. The number of carbonyl (C=O) groups excluding carboxylic acids is 1. The van der Waals surface area contributed by atoms with Crippen LogP contribution in [0, 0.1) is 5.92 Å². The average Bonchev–Trinajstić information content (AvgIpc) is 2.92. The normalized spacial score (nSPS) is 16.2. The minimum atomic E-state index is 0.224. The van der Waals surface area contributed by atoms with E-state index in [4.69, 9.17) is 0 Å². The summed E-state index contributed by atoms with van der Waals surface area (Å²) in [7, 11) is 0. The second-order valence-corrected chi connectivity index (χ2v) is 6.17. The molecule has 2 aromatic rings. The van der Waals surface area contributed by atoms with E-state index < -0.39 is 0 Å². The lowest BCUT2D eigenvalue weighted by molar-refractivity contribution is -0.122. The average molecular weight is 284 g/mol. The molecule has 0 unspecified atom stereocenters. The van der Waals surface area contributed by atoms with Gasteiger partial charge in [0, 0.05) is 30.1 Å². The molecule has 0 atom stereocenters. The number of hydrogen-bond acceptors (Lipinski definition) is 1. The molecule has 1 fully saturated rings. The maximum atomic E-state index is 12.0. The van der Waals surface area contributed by atoms with E-state index in [1.54, 1.807) is 0 Å². The number of H-pyrrole nitrogens is 1. The fourth-order valence-electron chi connectivity index (χ4n) is 3.40. The molecule has 1 aliphatic carbocycles. The molecule has 2 N–H and O–H groups in total. The van der Waals surface area contributed by atoms with E-state index in [2.05, 4.69) is 34.7 Å². The van der Waals surface area contributed by atoms with Gasteiger partial charge in [-0.25, -0.2) is 0 Å². The Labute approximate surface area is 126 Å². The first kappa shape index (κ1) is 14.2. The standard InChI is InChI=1S/C18H24N2O/c21-18(12-14-6-2-1-3-7-14)19-11-10-15-13-20-17-9-5-4-8-16(15)17/h4-5,8-9,13-14,20H,1-3,6-7,10-12H2,(H,19,21). The van der Waals surface area contributed by atoms with Gasteiger partial charge in [-0.3, -0.25) is 4.79 Å². The van der Waals surface area contributed by atoms with Crippen LogP contribution in [-0.2, 0) is 11.2 Å². The number of carbonyl (C=O) groups is 1. The molecule has 0 saturated heterocycles. The molecule has 3 rings (SSSR count). The number of hydrogen-bond donors (Lipinski definition) is 2. The van der Waals surface area contributed by atoms with Crippen molar-refractivity contribution in [2.45, 2.75) is 44.9 Å². The van der Waals surface area contributed by atoms with E-state index in [0.717, 1.165) is 13.0 Å². The number of nitrogens with one attached hydrogen (secondary N) is 2. The Morgan fingerprint density at radius 3 is 2.86 bits per heavy atom. The Morgan fingerprint density at radius 2 is 2.00 bits per heavy atom. The first-order valence-electron chi connectivity index (χ1n) is 8.14. The minimum Gasteiger partial charge on any atom is -0.361 e. The smallest absolute Gasteiger partial charge is 0.220 e. The van der Waals surface area contributed by atoms with Crippen LogP contribution < -0.4 is 5.32 Å². The molecule has 0 radical (unpaired) electrons. The van der Waals surface area contributed by atoms with Gasteiger partial charge in [0.15, 0.2) is 0 Å². The molecule has 1 amide bonds. The van der Waals surface area contributed by atoms with Crippen LogP contribution in [0.3, 0.4) is 0 Å². The second kappa shape index (κ2) is 6.79. The Kier molecular flexibility index (Phi) is 4.59. The zero-order valence-electron chi connectivity index (χ0n) is 12.5. The van der Waals surface area contributed by atoms with Crippen LogP contribution in [0.1, 0.15) is 44.1 Å². The van der Waals surface area contributed by atoms with Crippen molar-refractivity contribution < 1.29 is 4.79 Å². The van der Waals surface area contributed by atoms with Crippen LogP contribution in [0.25, 0.3) is 10.9 Å². The number of benzene rings is 1. The van der Waals surface area contributed by atoms with Gasteiger partial charge in [-0.15, -0.1) is 0 Å². The summed E-state index contributed by atoms with van der Waals surface area (Å²) in [5.41, 5.74) is 2.45. The van der Waals surface area contributed by atoms with Gasteiger partial charge in [0.1, 0.15) is 0 Å². The Balaban J connectivity index is 1.46. The quantitative estimate of drug-likeness (QED) is 0.862.